The summed E-state index contributed by atoms with van der Waals surface area (Å²) in [5, 5.41) is 3.15. The predicted octanol–water partition coefficient (Wildman–Crippen LogP) is 3.50. The van der Waals surface area contributed by atoms with Gasteiger partial charge in [0.05, 0.1) is 23.8 Å². The molecule has 0 aromatic heterocycles. The molecule has 1 atom stereocenters. The second-order valence-electron chi connectivity index (χ2n) is 7.02. The van der Waals surface area contributed by atoms with Gasteiger partial charge in [0.2, 0.25) is 11.8 Å². The van der Waals surface area contributed by atoms with Crippen molar-refractivity contribution in [2.45, 2.75) is 19.4 Å². The first-order valence-electron chi connectivity index (χ1n) is 9.16. The summed E-state index contributed by atoms with van der Waals surface area (Å²) >= 11 is 6.04. The topological polar surface area (TPSA) is 52.7 Å². The van der Waals surface area contributed by atoms with Crippen LogP contribution in [0.2, 0.25) is 5.02 Å². The van der Waals surface area contributed by atoms with Crippen molar-refractivity contribution in [3.05, 3.63) is 64.4 Å². The van der Waals surface area contributed by atoms with Crippen LogP contribution < -0.4 is 5.32 Å². The Balaban J connectivity index is 1.57. The van der Waals surface area contributed by atoms with Crippen molar-refractivity contribution in [1.29, 1.82) is 0 Å². The second kappa shape index (κ2) is 8.71. The van der Waals surface area contributed by atoms with E-state index in [2.05, 4.69) is 5.32 Å². The first-order chi connectivity index (χ1) is 13.3. The number of rotatable bonds is 5. The molecular formula is C21H23ClFN3O2. The minimum atomic E-state index is -0.317. The van der Waals surface area contributed by atoms with Crippen LogP contribution in [0.25, 0.3) is 0 Å². The molecule has 0 fully saturated rings. The summed E-state index contributed by atoms with van der Waals surface area (Å²) in [6, 6.07) is 11.7. The van der Waals surface area contributed by atoms with Gasteiger partial charge in [0.15, 0.2) is 0 Å². The number of carbonyl (C=O) groups excluding carboxylic acids is 2. The molecular weight excluding hydrogens is 381 g/mol. The first kappa shape index (κ1) is 20.3. The summed E-state index contributed by atoms with van der Waals surface area (Å²) in [5.74, 6) is -0.754. The number of likely N-dealkylation sites (N-methyl/N-ethyl adjacent to an activating group) is 1. The number of benzene rings is 2. The van der Waals surface area contributed by atoms with Gasteiger partial charge in [-0.2, -0.15) is 0 Å². The molecule has 1 N–H and O–H groups in total. The first-order valence-corrected chi connectivity index (χ1v) is 9.53. The van der Waals surface area contributed by atoms with Crippen molar-refractivity contribution in [2.24, 2.45) is 0 Å². The van der Waals surface area contributed by atoms with Crippen LogP contribution in [0.3, 0.4) is 0 Å². The van der Waals surface area contributed by atoms with Crippen molar-refractivity contribution in [3.63, 3.8) is 0 Å². The van der Waals surface area contributed by atoms with Gasteiger partial charge in [0.1, 0.15) is 5.82 Å². The molecule has 0 saturated carbocycles. The van der Waals surface area contributed by atoms with Crippen LogP contribution in [0.5, 0.6) is 0 Å². The molecule has 7 heteroatoms. The van der Waals surface area contributed by atoms with Crippen molar-refractivity contribution in [2.75, 3.05) is 32.0 Å². The number of nitrogens with one attached hydrogen (secondary N) is 1. The minimum absolute atomic E-state index is 0.0613. The van der Waals surface area contributed by atoms with Gasteiger partial charge in [-0.05, 0) is 48.7 Å². The van der Waals surface area contributed by atoms with Crippen LogP contribution in [0.4, 0.5) is 10.1 Å². The molecule has 1 unspecified atom stereocenters. The molecule has 3 rings (SSSR count). The van der Waals surface area contributed by atoms with E-state index >= 15 is 0 Å². The molecule has 28 heavy (non-hydrogen) atoms. The maximum atomic E-state index is 13.6. The molecule has 1 aliphatic rings. The average Bonchev–Trinajstić information content (AvgIpc) is 2.66. The van der Waals surface area contributed by atoms with E-state index in [0.717, 1.165) is 17.5 Å². The van der Waals surface area contributed by atoms with Crippen LogP contribution in [-0.2, 0) is 16.0 Å². The highest BCUT2D eigenvalue weighted by atomic mass is 35.5. The molecule has 1 aliphatic heterocycles. The van der Waals surface area contributed by atoms with Gasteiger partial charge in [0, 0.05) is 19.6 Å². The lowest BCUT2D eigenvalue weighted by molar-refractivity contribution is -0.134. The Bertz CT molecular complexity index is 890. The van der Waals surface area contributed by atoms with Crippen molar-refractivity contribution in [3.8, 4) is 0 Å². The number of hydrogen-bond donors (Lipinski definition) is 1. The van der Waals surface area contributed by atoms with Crippen molar-refractivity contribution in [1.82, 2.24) is 9.80 Å². The lowest BCUT2D eigenvalue weighted by Crippen LogP contribution is -2.44. The standard InChI is InChI=1S/C21H23ClFN3O2/c1-14-17-11-16(23)8-7-15(17)9-10-26(14)13-21(28)25(2)12-20(27)24-19-6-4-3-5-18(19)22/h3-8,11,14H,9-10,12-13H2,1-2H3,(H,24,27). The van der Waals surface area contributed by atoms with Gasteiger partial charge in [-0.15, -0.1) is 0 Å². The fraction of sp³-hybridized carbons (Fsp3) is 0.333. The molecule has 0 aliphatic carbocycles. The number of nitrogens with zero attached hydrogens (tertiary/aromatic N) is 2. The van der Waals surface area contributed by atoms with E-state index in [4.69, 9.17) is 11.6 Å². The smallest absolute Gasteiger partial charge is 0.244 e. The molecule has 2 aromatic rings. The van der Waals surface area contributed by atoms with Gasteiger partial charge in [-0.3, -0.25) is 14.5 Å². The van der Waals surface area contributed by atoms with Gasteiger partial charge in [-0.25, -0.2) is 4.39 Å². The highest BCUT2D eigenvalue weighted by Gasteiger charge is 2.27. The summed E-state index contributed by atoms with van der Waals surface area (Å²) < 4.78 is 13.6. The number of para-hydroxylation sites is 1. The molecule has 0 saturated heterocycles. The van der Waals surface area contributed by atoms with E-state index < -0.39 is 0 Å². The zero-order valence-electron chi connectivity index (χ0n) is 15.9. The van der Waals surface area contributed by atoms with E-state index in [0.29, 0.717) is 17.3 Å². The number of fused-ring (bicyclic) bond motifs is 1. The quantitative estimate of drug-likeness (QED) is 0.831. The van der Waals surface area contributed by atoms with Crippen LogP contribution >= 0.6 is 11.6 Å². The van der Waals surface area contributed by atoms with E-state index in [-0.39, 0.29) is 36.8 Å². The van der Waals surface area contributed by atoms with E-state index in [1.165, 1.54) is 17.0 Å². The minimum Gasteiger partial charge on any atom is -0.335 e. The molecule has 0 bridgehead atoms. The number of carbonyl (C=O) groups is 2. The third-order valence-corrected chi connectivity index (χ3v) is 5.40. The van der Waals surface area contributed by atoms with Crippen LogP contribution in [-0.4, -0.2) is 48.3 Å². The van der Waals surface area contributed by atoms with E-state index in [1.807, 2.05) is 17.9 Å². The Hall–Kier alpha value is -2.44. The SMILES string of the molecule is CC1c2cc(F)ccc2CCN1CC(=O)N(C)CC(=O)Nc1ccccc1Cl. The molecule has 148 valence electrons. The number of amides is 2. The Morgan fingerprint density at radius 1 is 1.29 bits per heavy atom. The van der Waals surface area contributed by atoms with Gasteiger partial charge in [0.25, 0.3) is 0 Å². The highest BCUT2D eigenvalue weighted by Crippen LogP contribution is 2.29. The summed E-state index contributed by atoms with van der Waals surface area (Å²) in [4.78, 5) is 28.2. The van der Waals surface area contributed by atoms with Crippen molar-refractivity contribution >= 4 is 29.1 Å². The zero-order chi connectivity index (χ0) is 20.3. The third-order valence-electron chi connectivity index (χ3n) is 5.07. The third kappa shape index (κ3) is 4.69. The average molecular weight is 404 g/mol. The largest absolute Gasteiger partial charge is 0.335 e. The van der Waals surface area contributed by atoms with E-state index in [9.17, 15) is 14.0 Å². The number of hydrogen-bond acceptors (Lipinski definition) is 3. The maximum absolute atomic E-state index is 13.6. The monoisotopic (exact) mass is 403 g/mol. The predicted molar refractivity (Wildman–Crippen MR) is 108 cm³/mol. The van der Waals surface area contributed by atoms with Gasteiger partial charge < -0.3 is 10.2 Å². The highest BCUT2D eigenvalue weighted by molar-refractivity contribution is 6.33. The fourth-order valence-corrected chi connectivity index (χ4v) is 3.59. The van der Waals surface area contributed by atoms with E-state index in [1.54, 1.807) is 31.3 Å². The normalized spacial score (nSPS) is 16.4. The summed E-state index contributed by atoms with van der Waals surface area (Å²) in [7, 11) is 1.59. The molecule has 2 aromatic carbocycles. The summed E-state index contributed by atoms with van der Waals surface area (Å²) in [5.41, 5.74) is 2.54. The number of anilines is 1. The Labute approximate surface area is 169 Å². The van der Waals surface area contributed by atoms with Gasteiger partial charge >= 0.3 is 0 Å². The Kier molecular flexibility index (Phi) is 6.31. The van der Waals surface area contributed by atoms with Crippen LogP contribution in [0.1, 0.15) is 24.1 Å². The number of halogens is 2. The van der Waals surface area contributed by atoms with Gasteiger partial charge in [-0.1, -0.05) is 29.8 Å². The van der Waals surface area contributed by atoms with Crippen LogP contribution in [0, 0.1) is 5.82 Å². The zero-order valence-corrected chi connectivity index (χ0v) is 16.7. The Morgan fingerprint density at radius 2 is 2.04 bits per heavy atom. The lowest BCUT2D eigenvalue weighted by atomic mass is 9.93. The lowest BCUT2D eigenvalue weighted by Gasteiger charge is -2.35. The molecule has 5 nitrogen and oxygen atoms in total. The summed E-state index contributed by atoms with van der Waals surface area (Å²) in [6.45, 7) is 2.78. The van der Waals surface area contributed by atoms with Crippen molar-refractivity contribution < 1.29 is 14.0 Å². The van der Waals surface area contributed by atoms with Crippen LogP contribution in [0.15, 0.2) is 42.5 Å². The maximum Gasteiger partial charge on any atom is 0.244 e. The molecule has 0 radical (unpaired) electrons. The Morgan fingerprint density at radius 3 is 2.79 bits per heavy atom. The second-order valence-corrected chi connectivity index (χ2v) is 7.42. The fourth-order valence-electron chi connectivity index (χ4n) is 3.40. The molecule has 2 amide bonds. The summed E-state index contributed by atoms with van der Waals surface area (Å²) in [6.07, 6.45) is 0.768. The molecule has 1 heterocycles. The molecule has 0 spiro atoms.